The van der Waals surface area contributed by atoms with Crippen molar-refractivity contribution in [3.8, 4) is 5.75 Å². The number of aromatic hydroxyl groups is 1. The molecule has 0 bridgehead atoms. The molecule has 0 radical (unpaired) electrons. The highest BCUT2D eigenvalue weighted by atomic mass is 35.5. The smallest absolute Gasteiger partial charge is 0.120 e. The lowest BCUT2D eigenvalue weighted by molar-refractivity contribution is 0.471. The Hall–Kier alpha value is -0.600. The van der Waals surface area contributed by atoms with Crippen molar-refractivity contribution in [2.75, 3.05) is 5.73 Å². The molecule has 0 aliphatic heterocycles. The van der Waals surface area contributed by atoms with E-state index in [9.17, 15) is 0 Å². The van der Waals surface area contributed by atoms with Gasteiger partial charge in [-0.15, -0.1) is 24.8 Å². The van der Waals surface area contributed by atoms with Gasteiger partial charge in [0.1, 0.15) is 5.75 Å². The number of nitrogen functional groups attached to an aromatic ring is 1. The largest absolute Gasteiger partial charge is 0.508 e. The highest BCUT2D eigenvalue weighted by Crippen LogP contribution is 2.17. The molecule has 0 aliphatic carbocycles. The predicted molar refractivity (Wildman–Crippen MR) is 51.8 cm³/mol. The molecular weight excluding hydrogens is 185 g/mol. The average molecular weight is 196 g/mol. The van der Waals surface area contributed by atoms with Crippen LogP contribution in [0.25, 0.3) is 0 Å². The number of aryl methyl sites for hydroxylation is 1. The summed E-state index contributed by atoms with van der Waals surface area (Å²) in [6, 6.07) is 5.08. The SMILES string of the molecule is Cc1ccc(N)cc1O.Cl.Cl. The second kappa shape index (κ2) is 5.10. The monoisotopic (exact) mass is 195 g/mol. The summed E-state index contributed by atoms with van der Waals surface area (Å²) < 4.78 is 0. The maximum atomic E-state index is 9.02. The van der Waals surface area contributed by atoms with E-state index in [0.717, 1.165) is 5.56 Å². The first-order chi connectivity index (χ1) is 4.20. The first kappa shape index (κ1) is 13.0. The zero-order valence-corrected chi connectivity index (χ0v) is 7.71. The van der Waals surface area contributed by atoms with Gasteiger partial charge in [-0.25, -0.2) is 0 Å². The van der Waals surface area contributed by atoms with Gasteiger partial charge in [0.25, 0.3) is 0 Å². The van der Waals surface area contributed by atoms with Crippen LogP contribution < -0.4 is 5.73 Å². The van der Waals surface area contributed by atoms with Crippen LogP contribution in [0.15, 0.2) is 18.2 Å². The number of rotatable bonds is 0. The molecule has 11 heavy (non-hydrogen) atoms. The number of nitrogens with two attached hydrogens (primary N) is 1. The van der Waals surface area contributed by atoms with E-state index in [1.165, 1.54) is 6.07 Å². The fraction of sp³-hybridized carbons (Fsp3) is 0.143. The van der Waals surface area contributed by atoms with Crippen LogP contribution in [-0.2, 0) is 0 Å². The van der Waals surface area contributed by atoms with Crippen LogP contribution in [0.4, 0.5) is 5.69 Å². The third-order valence-corrected chi connectivity index (χ3v) is 1.23. The van der Waals surface area contributed by atoms with Gasteiger partial charge in [-0.2, -0.15) is 0 Å². The van der Waals surface area contributed by atoms with Crippen LogP contribution in [0, 0.1) is 6.92 Å². The summed E-state index contributed by atoms with van der Waals surface area (Å²) in [5.41, 5.74) is 6.81. The quantitative estimate of drug-likeness (QED) is 0.624. The molecular formula is C7H11Cl2NO. The fourth-order valence-corrected chi connectivity index (χ4v) is 0.626. The summed E-state index contributed by atoms with van der Waals surface area (Å²) in [5.74, 6) is 0.259. The minimum Gasteiger partial charge on any atom is -0.508 e. The molecule has 0 fully saturated rings. The number of benzene rings is 1. The fourth-order valence-electron chi connectivity index (χ4n) is 0.626. The molecule has 1 aromatic carbocycles. The summed E-state index contributed by atoms with van der Waals surface area (Å²) >= 11 is 0. The van der Waals surface area contributed by atoms with Crippen molar-refractivity contribution in [2.24, 2.45) is 0 Å². The average Bonchev–Trinajstić information content (AvgIpc) is 1.80. The Bertz CT molecular complexity index is 228. The number of phenolic OH excluding ortho intramolecular Hbond substituents is 1. The molecule has 2 nitrogen and oxygen atoms in total. The van der Waals surface area contributed by atoms with E-state index in [0.29, 0.717) is 5.69 Å². The molecule has 4 heteroatoms. The first-order valence-corrected chi connectivity index (χ1v) is 2.75. The highest BCUT2D eigenvalue weighted by Gasteiger charge is 1.92. The molecule has 0 saturated heterocycles. The minimum absolute atomic E-state index is 0. The van der Waals surface area contributed by atoms with Crippen LogP contribution in [0.5, 0.6) is 5.75 Å². The van der Waals surface area contributed by atoms with Gasteiger partial charge in [-0.05, 0) is 18.6 Å². The van der Waals surface area contributed by atoms with Gasteiger partial charge in [0.2, 0.25) is 0 Å². The Morgan fingerprint density at radius 3 is 2.18 bits per heavy atom. The van der Waals surface area contributed by atoms with Crippen LogP contribution in [0.1, 0.15) is 5.56 Å². The number of hydrogen-bond acceptors (Lipinski definition) is 2. The number of hydrogen-bond donors (Lipinski definition) is 2. The Morgan fingerprint density at radius 2 is 1.82 bits per heavy atom. The van der Waals surface area contributed by atoms with Gasteiger partial charge in [0.15, 0.2) is 0 Å². The summed E-state index contributed by atoms with van der Waals surface area (Å²) in [5, 5.41) is 9.02. The van der Waals surface area contributed by atoms with Crippen molar-refractivity contribution in [3.05, 3.63) is 23.8 Å². The van der Waals surface area contributed by atoms with Crippen molar-refractivity contribution in [1.82, 2.24) is 0 Å². The number of phenols is 1. The first-order valence-electron chi connectivity index (χ1n) is 2.75. The van der Waals surface area contributed by atoms with E-state index in [1.54, 1.807) is 12.1 Å². The van der Waals surface area contributed by atoms with Crippen molar-refractivity contribution in [2.45, 2.75) is 6.92 Å². The van der Waals surface area contributed by atoms with Crippen LogP contribution in [0.3, 0.4) is 0 Å². The maximum Gasteiger partial charge on any atom is 0.120 e. The van der Waals surface area contributed by atoms with Crippen molar-refractivity contribution >= 4 is 30.5 Å². The standard InChI is InChI=1S/C7H9NO.2ClH/c1-5-2-3-6(8)4-7(5)9;;/h2-4,9H,8H2,1H3;2*1H. The van der Waals surface area contributed by atoms with E-state index in [1.807, 2.05) is 6.92 Å². The molecule has 0 heterocycles. The Kier molecular flexibility index (Phi) is 6.04. The van der Waals surface area contributed by atoms with Gasteiger partial charge in [-0.3, -0.25) is 0 Å². The molecule has 0 unspecified atom stereocenters. The lowest BCUT2D eigenvalue weighted by atomic mass is 10.2. The molecule has 0 amide bonds. The molecule has 0 saturated carbocycles. The van der Waals surface area contributed by atoms with Crippen LogP contribution in [-0.4, -0.2) is 5.11 Å². The van der Waals surface area contributed by atoms with Gasteiger partial charge >= 0.3 is 0 Å². The molecule has 3 N–H and O–H groups in total. The van der Waals surface area contributed by atoms with Crippen molar-refractivity contribution in [1.29, 1.82) is 0 Å². The number of anilines is 1. The second-order valence-corrected chi connectivity index (χ2v) is 2.05. The molecule has 0 aromatic heterocycles. The summed E-state index contributed by atoms with van der Waals surface area (Å²) in [6.45, 7) is 1.83. The van der Waals surface area contributed by atoms with E-state index < -0.39 is 0 Å². The lowest BCUT2D eigenvalue weighted by Gasteiger charge is -1.97. The summed E-state index contributed by atoms with van der Waals surface area (Å²) in [4.78, 5) is 0. The summed E-state index contributed by atoms with van der Waals surface area (Å²) in [7, 11) is 0. The topological polar surface area (TPSA) is 46.2 Å². The second-order valence-electron chi connectivity index (χ2n) is 2.05. The van der Waals surface area contributed by atoms with Gasteiger partial charge in [0, 0.05) is 11.8 Å². The van der Waals surface area contributed by atoms with E-state index >= 15 is 0 Å². The third kappa shape index (κ3) is 3.35. The van der Waals surface area contributed by atoms with E-state index in [4.69, 9.17) is 10.8 Å². The molecule has 0 atom stereocenters. The van der Waals surface area contributed by atoms with Crippen LogP contribution >= 0.6 is 24.8 Å². The van der Waals surface area contributed by atoms with E-state index in [-0.39, 0.29) is 30.6 Å². The molecule has 1 aromatic rings. The lowest BCUT2D eigenvalue weighted by Crippen LogP contribution is -1.83. The zero-order chi connectivity index (χ0) is 6.85. The van der Waals surface area contributed by atoms with Gasteiger partial charge in [-0.1, -0.05) is 6.07 Å². The Labute approximate surface area is 78.2 Å². The van der Waals surface area contributed by atoms with Crippen molar-refractivity contribution in [3.63, 3.8) is 0 Å². The molecule has 0 aliphatic rings. The molecule has 64 valence electrons. The van der Waals surface area contributed by atoms with Crippen LogP contribution in [0.2, 0.25) is 0 Å². The predicted octanol–water partition coefficient (Wildman–Crippen LogP) is 2.13. The van der Waals surface area contributed by atoms with E-state index in [2.05, 4.69) is 0 Å². The minimum atomic E-state index is 0. The normalized spacial score (nSPS) is 7.73. The number of halogens is 2. The molecule has 0 spiro atoms. The van der Waals surface area contributed by atoms with Gasteiger partial charge in [0.05, 0.1) is 0 Å². The third-order valence-electron chi connectivity index (χ3n) is 1.23. The maximum absolute atomic E-state index is 9.02. The molecule has 1 rings (SSSR count). The Morgan fingerprint density at radius 1 is 1.27 bits per heavy atom. The summed E-state index contributed by atoms with van der Waals surface area (Å²) in [6.07, 6.45) is 0. The van der Waals surface area contributed by atoms with Gasteiger partial charge < -0.3 is 10.8 Å². The van der Waals surface area contributed by atoms with Crippen molar-refractivity contribution < 1.29 is 5.11 Å². The zero-order valence-electron chi connectivity index (χ0n) is 6.07. The Balaban J connectivity index is 0. The highest BCUT2D eigenvalue weighted by molar-refractivity contribution is 5.85.